The first kappa shape index (κ1) is 16.6. The summed E-state index contributed by atoms with van der Waals surface area (Å²) in [6.07, 6.45) is 0.0628. The van der Waals surface area contributed by atoms with Gasteiger partial charge in [0.25, 0.3) is 0 Å². The van der Waals surface area contributed by atoms with Crippen molar-refractivity contribution in [1.29, 1.82) is 0 Å². The lowest BCUT2D eigenvalue weighted by molar-refractivity contribution is -0.0128. The molecule has 0 saturated heterocycles. The van der Waals surface area contributed by atoms with Crippen molar-refractivity contribution < 1.29 is 9.47 Å². The van der Waals surface area contributed by atoms with Crippen LogP contribution in [0.25, 0.3) is 0 Å². The normalized spacial score (nSPS) is 13.5. The van der Waals surface area contributed by atoms with Crippen molar-refractivity contribution in [3.05, 3.63) is 34.3 Å². The Labute approximate surface area is 124 Å². The van der Waals surface area contributed by atoms with Crippen LogP contribution in [0.4, 0.5) is 0 Å². The summed E-state index contributed by atoms with van der Waals surface area (Å²) in [6, 6.07) is 8.17. The summed E-state index contributed by atoms with van der Waals surface area (Å²) in [6.45, 7) is 8.42. The first-order valence-electron chi connectivity index (χ1n) is 6.51. The van der Waals surface area contributed by atoms with Crippen molar-refractivity contribution in [3.63, 3.8) is 0 Å². The van der Waals surface area contributed by atoms with Crippen LogP contribution in [-0.4, -0.2) is 31.9 Å². The quantitative estimate of drug-likeness (QED) is 0.831. The van der Waals surface area contributed by atoms with Crippen molar-refractivity contribution in [3.8, 4) is 0 Å². The van der Waals surface area contributed by atoms with E-state index in [1.165, 1.54) is 5.56 Å². The maximum absolute atomic E-state index is 5.90. The molecule has 1 unspecified atom stereocenters. The molecule has 1 aromatic rings. The van der Waals surface area contributed by atoms with Gasteiger partial charge in [-0.1, -0.05) is 28.1 Å². The van der Waals surface area contributed by atoms with Crippen LogP contribution in [0.1, 0.15) is 26.3 Å². The predicted molar refractivity (Wildman–Crippen MR) is 82.4 cm³/mol. The minimum Gasteiger partial charge on any atom is -0.382 e. The number of nitrogens with one attached hydrogen (secondary N) is 1. The van der Waals surface area contributed by atoms with Crippen molar-refractivity contribution in [2.24, 2.45) is 0 Å². The molecule has 19 heavy (non-hydrogen) atoms. The van der Waals surface area contributed by atoms with E-state index in [0.717, 1.165) is 11.0 Å². The second-order valence-corrected chi connectivity index (χ2v) is 6.56. The summed E-state index contributed by atoms with van der Waals surface area (Å²) in [5.41, 5.74) is 1.26. The molecule has 1 N–H and O–H groups in total. The van der Waals surface area contributed by atoms with Gasteiger partial charge in [0.2, 0.25) is 0 Å². The average molecular weight is 330 g/mol. The number of methoxy groups -OCH3 is 1. The Morgan fingerprint density at radius 1 is 1.21 bits per heavy atom. The molecule has 0 radical (unpaired) electrons. The molecule has 0 aliphatic rings. The van der Waals surface area contributed by atoms with E-state index in [2.05, 4.69) is 54.2 Å². The summed E-state index contributed by atoms with van der Waals surface area (Å²) in [4.78, 5) is 0. The van der Waals surface area contributed by atoms with Gasteiger partial charge in [0.1, 0.15) is 0 Å². The molecule has 1 atom stereocenters. The number of halogens is 1. The van der Waals surface area contributed by atoms with Crippen LogP contribution >= 0.6 is 15.9 Å². The molecule has 1 rings (SSSR count). The maximum atomic E-state index is 5.90. The number of hydrogen-bond acceptors (Lipinski definition) is 3. The summed E-state index contributed by atoms with van der Waals surface area (Å²) in [7, 11) is 1.70. The molecule has 0 bridgehead atoms. The zero-order valence-electron chi connectivity index (χ0n) is 12.2. The first-order valence-corrected chi connectivity index (χ1v) is 7.30. The van der Waals surface area contributed by atoms with Gasteiger partial charge in [0, 0.05) is 23.7 Å². The second kappa shape index (κ2) is 8.00. The van der Waals surface area contributed by atoms with Crippen LogP contribution in [0, 0.1) is 0 Å². The van der Waals surface area contributed by atoms with Gasteiger partial charge in [0.05, 0.1) is 19.3 Å². The lowest BCUT2D eigenvalue weighted by Gasteiger charge is -2.25. The molecule has 0 amide bonds. The fourth-order valence-corrected chi connectivity index (χ4v) is 1.83. The van der Waals surface area contributed by atoms with Crippen LogP contribution < -0.4 is 5.32 Å². The number of rotatable bonds is 7. The van der Waals surface area contributed by atoms with Gasteiger partial charge in [-0.25, -0.2) is 0 Å². The lowest BCUT2D eigenvalue weighted by atomic mass is 10.1. The van der Waals surface area contributed by atoms with E-state index < -0.39 is 0 Å². The van der Waals surface area contributed by atoms with Gasteiger partial charge in [-0.05, 0) is 38.5 Å². The summed E-state index contributed by atoms with van der Waals surface area (Å²) < 4.78 is 12.2. The fourth-order valence-electron chi connectivity index (χ4n) is 1.57. The third-order valence-electron chi connectivity index (χ3n) is 2.61. The molecule has 0 saturated carbocycles. The highest BCUT2D eigenvalue weighted by Crippen LogP contribution is 2.12. The zero-order valence-corrected chi connectivity index (χ0v) is 13.8. The van der Waals surface area contributed by atoms with E-state index in [9.17, 15) is 0 Å². The van der Waals surface area contributed by atoms with E-state index >= 15 is 0 Å². The van der Waals surface area contributed by atoms with Gasteiger partial charge in [-0.2, -0.15) is 0 Å². The summed E-state index contributed by atoms with van der Waals surface area (Å²) in [5.74, 6) is 0. The highest BCUT2D eigenvalue weighted by molar-refractivity contribution is 9.10. The summed E-state index contributed by atoms with van der Waals surface area (Å²) in [5, 5.41) is 3.44. The highest BCUT2D eigenvalue weighted by atomic mass is 79.9. The molecule has 3 nitrogen and oxygen atoms in total. The van der Waals surface area contributed by atoms with Gasteiger partial charge in [-0.3, -0.25) is 0 Å². The van der Waals surface area contributed by atoms with Crippen molar-refractivity contribution in [2.45, 2.75) is 39.0 Å². The average Bonchev–Trinajstić information content (AvgIpc) is 2.34. The van der Waals surface area contributed by atoms with E-state index in [-0.39, 0.29) is 11.6 Å². The van der Waals surface area contributed by atoms with Crippen LogP contribution in [0.2, 0.25) is 0 Å². The van der Waals surface area contributed by atoms with Gasteiger partial charge >= 0.3 is 0 Å². The standard InChI is InChI=1S/C15H24BrNO2/c1-15(2,3)17-9-14(11-18-4)19-10-12-5-7-13(16)8-6-12/h5-8,14,17H,9-11H2,1-4H3. The third-order valence-corrected chi connectivity index (χ3v) is 3.14. The Bertz CT molecular complexity index is 359. The molecule has 1 aromatic carbocycles. The topological polar surface area (TPSA) is 30.5 Å². The fraction of sp³-hybridized carbons (Fsp3) is 0.600. The molecule has 4 heteroatoms. The third kappa shape index (κ3) is 7.67. The molecule has 0 heterocycles. The minimum absolute atomic E-state index is 0.0628. The Morgan fingerprint density at radius 3 is 2.37 bits per heavy atom. The first-order chi connectivity index (χ1) is 8.90. The molecular formula is C15H24BrNO2. The molecule has 0 spiro atoms. The Morgan fingerprint density at radius 2 is 1.84 bits per heavy atom. The predicted octanol–water partition coefficient (Wildman–Crippen LogP) is 3.37. The highest BCUT2D eigenvalue weighted by Gasteiger charge is 2.14. The summed E-state index contributed by atoms with van der Waals surface area (Å²) >= 11 is 3.43. The molecule has 0 aliphatic heterocycles. The molecule has 0 aliphatic carbocycles. The van der Waals surface area contributed by atoms with Gasteiger partial charge < -0.3 is 14.8 Å². The van der Waals surface area contributed by atoms with Crippen molar-refractivity contribution in [2.75, 3.05) is 20.3 Å². The van der Waals surface area contributed by atoms with Gasteiger partial charge in [-0.15, -0.1) is 0 Å². The SMILES string of the molecule is COCC(CNC(C)(C)C)OCc1ccc(Br)cc1. The van der Waals surface area contributed by atoms with Crippen molar-refractivity contribution >= 4 is 15.9 Å². The zero-order chi connectivity index (χ0) is 14.3. The Hall–Kier alpha value is -0.420. The molecule has 108 valence electrons. The second-order valence-electron chi connectivity index (χ2n) is 5.65. The van der Waals surface area contributed by atoms with Crippen molar-refractivity contribution in [1.82, 2.24) is 5.32 Å². The van der Waals surface area contributed by atoms with Crippen LogP contribution in [0.3, 0.4) is 0 Å². The minimum atomic E-state index is 0.0628. The smallest absolute Gasteiger partial charge is 0.0937 e. The number of benzene rings is 1. The monoisotopic (exact) mass is 329 g/mol. The van der Waals surface area contributed by atoms with E-state index in [1.54, 1.807) is 7.11 Å². The number of ether oxygens (including phenoxy) is 2. The molecule has 0 aromatic heterocycles. The van der Waals surface area contributed by atoms with Crippen LogP contribution in [-0.2, 0) is 16.1 Å². The molecular weight excluding hydrogens is 306 g/mol. The Balaban J connectivity index is 2.42. The van der Waals surface area contributed by atoms with E-state index in [0.29, 0.717) is 13.2 Å². The maximum Gasteiger partial charge on any atom is 0.0937 e. The largest absolute Gasteiger partial charge is 0.382 e. The van der Waals surface area contributed by atoms with Gasteiger partial charge in [0.15, 0.2) is 0 Å². The molecule has 0 fully saturated rings. The lowest BCUT2D eigenvalue weighted by Crippen LogP contribution is -2.43. The number of hydrogen-bond donors (Lipinski definition) is 1. The van der Waals surface area contributed by atoms with E-state index in [4.69, 9.17) is 9.47 Å². The van der Waals surface area contributed by atoms with Crippen LogP contribution in [0.5, 0.6) is 0 Å². The van der Waals surface area contributed by atoms with Crippen LogP contribution in [0.15, 0.2) is 28.7 Å². The van der Waals surface area contributed by atoms with E-state index in [1.807, 2.05) is 12.1 Å². The Kier molecular flexibility index (Phi) is 7.00.